The highest BCUT2D eigenvalue weighted by molar-refractivity contribution is 6.03. The van der Waals surface area contributed by atoms with Gasteiger partial charge in [0, 0.05) is 18.2 Å². The number of hydrogen-bond acceptors (Lipinski definition) is 5. The molecule has 2 aromatic carbocycles. The summed E-state index contributed by atoms with van der Waals surface area (Å²) in [6, 6.07) is 12.2. The topological polar surface area (TPSA) is 88.4 Å². The summed E-state index contributed by atoms with van der Waals surface area (Å²) >= 11 is 0. The van der Waals surface area contributed by atoms with Gasteiger partial charge in [0.15, 0.2) is 11.7 Å². The molecule has 1 amide bonds. The minimum absolute atomic E-state index is 0.104. The van der Waals surface area contributed by atoms with Crippen molar-refractivity contribution in [3.8, 4) is 5.75 Å². The van der Waals surface area contributed by atoms with E-state index in [0.717, 1.165) is 4.68 Å². The van der Waals surface area contributed by atoms with Crippen molar-refractivity contribution >= 4 is 17.4 Å². The number of carbonyl (C=O) groups excluding carboxylic acids is 1. The lowest BCUT2D eigenvalue weighted by Crippen LogP contribution is -2.35. The summed E-state index contributed by atoms with van der Waals surface area (Å²) in [7, 11) is 1.51. The average molecular weight is 460 g/mol. The number of hydrogen-bond donors (Lipinski definition) is 3. The van der Waals surface area contributed by atoms with Gasteiger partial charge in [-0.15, -0.1) is 0 Å². The molecule has 0 bridgehead atoms. The van der Waals surface area contributed by atoms with E-state index in [9.17, 15) is 23.1 Å². The molecule has 0 saturated heterocycles. The Morgan fingerprint density at radius 3 is 2.61 bits per heavy atom. The van der Waals surface area contributed by atoms with Gasteiger partial charge in [-0.05, 0) is 42.3 Å². The number of fused-ring (bicyclic) bond motifs is 1. The van der Waals surface area contributed by atoms with Crippen molar-refractivity contribution in [3.05, 3.63) is 71.4 Å². The normalized spacial score (nSPS) is 18.7. The fourth-order valence-corrected chi connectivity index (χ4v) is 3.81. The average Bonchev–Trinajstić information content (AvgIpc) is 3.22. The van der Waals surface area contributed by atoms with Crippen LogP contribution < -0.4 is 15.4 Å². The molecule has 33 heavy (non-hydrogen) atoms. The van der Waals surface area contributed by atoms with E-state index < -0.39 is 30.3 Å². The molecule has 1 aliphatic heterocycles. The highest BCUT2D eigenvalue weighted by atomic mass is 19.4. The Morgan fingerprint density at radius 2 is 1.97 bits per heavy atom. The maximum atomic E-state index is 13.9. The monoisotopic (exact) mass is 460 g/mol. The van der Waals surface area contributed by atoms with E-state index in [0.29, 0.717) is 22.6 Å². The predicted octanol–water partition coefficient (Wildman–Crippen LogP) is 4.86. The first kappa shape index (κ1) is 22.7. The number of aromatic nitrogens is 2. The molecule has 10 heteroatoms. The number of benzene rings is 2. The van der Waals surface area contributed by atoms with Crippen LogP contribution in [0.1, 0.15) is 53.1 Å². The van der Waals surface area contributed by atoms with Gasteiger partial charge < -0.3 is 20.5 Å². The van der Waals surface area contributed by atoms with Gasteiger partial charge in [-0.3, -0.25) is 4.79 Å². The van der Waals surface area contributed by atoms with Gasteiger partial charge in [-0.25, -0.2) is 4.68 Å². The van der Waals surface area contributed by atoms with Crippen LogP contribution in [0.5, 0.6) is 5.75 Å². The summed E-state index contributed by atoms with van der Waals surface area (Å²) in [5, 5.41) is 19.4. The molecule has 2 heterocycles. The summed E-state index contributed by atoms with van der Waals surface area (Å²) in [4.78, 5) is 12.7. The zero-order chi connectivity index (χ0) is 23.8. The number of carbonyl (C=O) groups is 1. The summed E-state index contributed by atoms with van der Waals surface area (Å²) in [6.45, 7) is 1.59. The van der Waals surface area contributed by atoms with Crippen molar-refractivity contribution < 1.29 is 27.8 Å². The van der Waals surface area contributed by atoms with E-state index in [1.54, 1.807) is 55.5 Å². The number of halogens is 3. The van der Waals surface area contributed by atoms with Gasteiger partial charge in [0.1, 0.15) is 11.6 Å². The van der Waals surface area contributed by atoms with Crippen LogP contribution in [0, 0.1) is 0 Å². The SMILES string of the molecule is COc1ccc([C@@H]2C[C@H](C(F)(F)F)n3nc(C(=O)Nc4cccc([C@H](C)O)c4)cc3N2)cc1. The number of aliphatic hydroxyl groups is 1. The molecule has 3 N–H and O–H groups in total. The van der Waals surface area contributed by atoms with Crippen molar-refractivity contribution in [1.82, 2.24) is 9.78 Å². The Bertz CT molecular complexity index is 1140. The third-order valence-electron chi connectivity index (χ3n) is 5.57. The number of nitrogens with zero attached hydrogens (tertiary/aromatic N) is 2. The maximum absolute atomic E-state index is 13.9. The lowest BCUT2D eigenvalue weighted by atomic mass is 9.97. The molecule has 1 aromatic heterocycles. The van der Waals surface area contributed by atoms with Crippen LogP contribution in [-0.4, -0.2) is 34.1 Å². The van der Waals surface area contributed by atoms with Gasteiger partial charge in [0.25, 0.3) is 5.91 Å². The number of methoxy groups -OCH3 is 1. The summed E-state index contributed by atoms with van der Waals surface area (Å²) in [5.41, 5.74) is 1.52. The first-order chi connectivity index (χ1) is 15.7. The Labute approximate surface area is 188 Å². The van der Waals surface area contributed by atoms with Crippen LogP contribution in [0.25, 0.3) is 0 Å². The molecule has 4 rings (SSSR count). The number of rotatable bonds is 5. The first-order valence-corrected chi connectivity index (χ1v) is 10.3. The smallest absolute Gasteiger partial charge is 0.410 e. The molecular formula is C23H23F3N4O3. The third kappa shape index (κ3) is 4.80. The molecule has 3 atom stereocenters. The van der Waals surface area contributed by atoms with Crippen LogP contribution in [0.15, 0.2) is 54.6 Å². The lowest BCUT2D eigenvalue weighted by Gasteiger charge is -2.33. The van der Waals surface area contributed by atoms with Crippen molar-refractivity contribution in [2.45, 2.75) is 37.7 Å². The molecule has 0 spiro atoms. The Balaban J connectivity index is 1.61. The zero-order valence-corrected chi connectivity index (χ0v) is 17.9. The fourth-order valence-electron chi connectivity index (χ4n) is 3.81. The number of anilines is 2. The molecule has 3 aromatic rings. The highest BCUT2D eigenvalue weighted by Crippen LogP contribution is 2.43. The predicted molar refractivity (Wildman–Crippen MR) is 116 cm³/mol. The van der Waals surface area contributed by atoms with Crippen molar-refractivity contribution in [1.29, 1.82) is 0 Å². The fraction of sp³-hybridized carbons (Fsp3) is 0.304. The van der Waals surface area contributed by atoms with Gasteiger partial charge in [-0.2, -0.15) is 18.3 Å². The molecule has 174 valence electrons. The van der Waals surface area contributed by atoms with Gasteiger partial charge in [0.05, 0.1) is 19.3 Å². The molecule has 0 fully saturated rings. The molecule has 0 radical (unpaired) electrons. The first-order valence-electron chi connectivity index (χ1n) is 10.3. The molecule has 0 saturated carbocycles. The van der Waals surface area contributed by atoms with Crippen LogP contribution in [0.3, 0.4) is 0 Å². The van der Waals surface area contributed by atoms with Gasteiger partial charge in [-0.1, -0.05) is 24.3 Å². The zero-order valence-electron chi connectivity index (χ0n) is 17.9. The summed E-state index contributed by atoms with van der Waals surface area (Å²) in [5.74, 6) is 0.0567. The van der Waals surface area contributed by atoms with E-state index in [-0.39, 0.29) is 17.9 Å². The quantitative estimate of drug-likeness (QED) is 0.506. The van der Waals surface area contributed by atoms with Crippen molar-refractivity contribution in [2.75, 3.05) is 17.7 Å². The second-order valence-corrected chi connectivity index (χ2v) is 7.88. The van der Waals surface area contributed by atoms with E-state index >= 15 is 0 Å². The molecule has 0 aliphatic carbocycles. The standard InChI is InChI=1S/C23H23F3N4O3/c1-13(31)15-4-3-5-16(10-15)27-22(32)19-12-21-28-18(14-6-8-17(33-2)9-7-14)11-20(23(24,25)26)30(21)29-19/h3-10,12-13,18,20,28,31H,11H2,1-2H3,(H,27,32)/t13-,18-,20+/m0/s1. The number of alkyl halides is 3. The van der Waals surface area contributed by atoms with E-state index in [1.807, 2.05) is 0 Å². The lowest BCUT2D eigenvalue weighted by molar-refractivity contribution is -0.173. The molecule has 7 nitrogen and oxygen atoms in total. The molecule has 0 unspecified atom stereocenters. The van der Waals surface area contributed by atoms with Gasteiger partial charge >= 0.3 is 6.18 Å². The number of amides is 1. The van der Waals surface area contributed by atoms with E-state index in [4.69, 9.17) is 4.74 Å². The largest absolute Gasteiger partial charge is 0.497 e. The minimum atomic E-state index is -4.55. The third-order valence-corrected chi connectivity index (χ3v) is 5.57. The minimum Gasteiger partial charge on any atom is -0.497 e. The number of aliphatic hydroxyl groups excluding tert-OH is 1. The Hall–Kier alpha value is -3.53. The van der Waals surface area contributed by atoms with Gasteiger partial charge in [0.2, 0.25) is 0 Å². The Kier molecular flexibility index (Phi) is 6.03. The van der Waals surface area contributed by atoms with Crippen LogP contribution >= 0.6 is 0 Å². The maximum Gasteiger partial charge on any atom is 0.410 e. The Morgan fingerprint density at radius 1 is 1.24 bits per heavy atom. The van der Waals surface area contributed by atoms with Crippen molar-refractivity contribution in [2.24, 2.45) is 0 Å². The van der Waals surface area contributed by atoms with Crippen LogP contribution in [-0.2, 0) is 0 Å². The van der Waals surface area contributed by atoms with E-state index in [2.05, 4.69) is 15.7 Å². The molecule has 1 aliphatic rings. The molecular weight excluding hydrogens is 437 g/mol. The van der Waals surface area contributed by atoms with E-state index in [1.165, 1.54) is 13.2 Å². The van der Waals surface area contributed by atoms with Crippen LogP contribution in [0.2, 0.25) is 0 Å². The van der Waals surface area contributed by atoms with Crippen molar-refractivity contribution in [3.63, 3.8) is 0 Å². The highest BCUT2D eigenvalue weighted by Gasteiger charge is 2.46. The number of ether oxygens (including phenoxy) is 1. The second-order valence-electron chi connectivity index (χ2n) is 7.88. The number of nitrogens with one attached hydrogen (secondary N) is 2. The van der Waals surface area contributed by atoms with Crippen LogP contribution in [0.4, 0.5) is 24.7 Å². The summed E-state index contributed by atoms with van der Waals surface area (Å²) in [6.07, 6.45) is -5.55. The summed E-state index contributed by atoms with van der Waals surface area (Å²) < 4.78 is 47.6. The second kappa shape index (κ2) is 8.78.